The average Bonchev–Trinajstić information content (AvgIpc) is 1.83. The molecular formula is C5H11N3. The van der Waals surface area contributed by atoms with Gasteiger partial charge < -0.3 is 0 Å². The second-order valence-corrected chi connectivity index (χ2v) is 1.29. The van der Waals surface area contributed by atoms with Gasteiger partial charge in [-0.3, -0.25) is 10.4 Å². The smallest absolute Gasteiger partial charge is 0.116 e. The molecule has 0 saturated carbocycles. The van der Waals surface area contributed by atoms with Crippen LogP contribution in [0.4, 0.5) is 0 Å². The zero-order chi connectivity index (χ0) is 6.41. The molecule has 0 rings (SSSR count). The van der Waals surface area contributed by atoms with E-state index < -0.39 is 0 Å². The van der Waals surface area contributed by atoms with Crippen molar-refractivity contribution in [3.8, 4) is 0 Å². The molecule has 46 valence electrons. The lowest BCUT2D eigenvalue weighted by Crippen LogP contribution is -2.14. The van der Waals surface area contributed by atoms with Crippen molar-refractivity contribution in [3.05, 3.63) is 0 Å². The first-order valence-electron chi connectivity index (χ1n) is 2.52. The first-order valence-corrected chi connectivity index (χ1v) is 2.52. The topological polar surface area (TPSA) is 36.8 Å². The molecule has 3 heteroatoms. The van der Waals surface area contributed by atoms with Gasteiger partial charge in [0, 0.05) is 20.2 Å². The fourth-order valence-corrected chi connectivity index (χ4v) is 0.378. The van der Waals surface area contributed by atoms with Crippen LogP contribution in [0, 0.1) is 0 Å². The van der Waals surface area contributed by atoms with Crippen LogP contribution in [0.2, 0.25) is 0 Å². The highest BCUT2D eigenvalue weighted by Gasteiger charge is 1.85. The van der Waals surface area contributed by atoms with E-state index in [4.69, 9.17) is 0 Å². The molecule has 1 N–H and O–H groups in total. The van der Waals surface area contributed by atoms with Gasteiger partial charge in [-0.2, -0.15) is 5.10 Å². The van der Waals surface area contributed by atoms with Crippen molar-refractivity contribution in [2.45, 2.75) is 13.3 Å². The van der Waals surface area contributed by atoms with Gasteiger partial charge in [0.25, 0.3) is 0 Å². The number of aliphatic imine (C=N–C) groups is 1. The van der Waals surface area contributed by atoms with Crippen LogP contribution < -0.4 is 5.43 Å². The van der Waals surface area contributed by atoms with Crippen molar-refractivity contribution in [1.82, 2.24) is 5.43 Å². The molecule has 0 spiro atoms. The summed E-state index contributed by atoms with van der Waals surface area (Å²) in [4.78, 5) is 3.87. The van der Waals surface area contributed by atoms with Crippen molar-refractivity contribution in [3.63, 3.8) is 0 Å². The van der Waals surface area contributed by atoms with Crippen molar-refractivity contribution < 1.29 is 0 Å². The maximum atomic E-state index is 3.87. The number of rotatable bonds is 2. The third-order valence-electron chi connectivity index (χ3n) is 0.813. The summed E-state index contributed by atoms with van der Waals surface area (Å²) in [5, 5.41) is 3.45. The third-order valence-corrected chi connectivity index (χ3v) is 0.813. The highest BCUT2D eigenvalue weighted by Crippen LogP contribution is 1.77. The maximum absolute atomic E-state index is 3.87. The highest BCUT2D eigenvalue weighted by atomic mass is 15.3. The second-order valence-electron chi connectivity index (χ2n) is 1.29. The van der Waals surface area contributed by atoms with Crippen LogP contribution in [-0.2, 0) is 0 Å². The lowest BCUT2D eigenvalue weighted by atomic mass is 10.4. The van der Waals surface area contributed by atoms with E-state index in [-0.39, 0.29) is 0 Å². The standard InChI is InChI=1S/C5H11N3/c1-4-5(6-2)8-7-3/h3-4H2,1-2H3,(H,6,8). The van der Waals surface area contributed by atoms with Crippen LogP contribution in [0.25, 0.3) is 0 Å². The van der Waals surface area contributed by atoms with E-state index >= 15 is 0 Å². The SMILES string of the molecule is C=NN/C(CC)=N\C. The van der Waals surface area contributed by atoms with Gasteiger partial charge >= 0.3 is 0 Å². The molecule has 0 aromatic carbocycles. The van der Waals surface area contributed by atoms with E-state index in [0.717, 1.165) is 12.3 Å². The molecule has 0 aromatic heterocycles. The molecule has 0 aliphatic carbocycles. The van der Waals surface area contributed by atoms with E-state index in [0.29, 0.717) is 0 Å². The van der Waals surface area contributed by atoms with E-state index in [1.165, 1.54) is 0 Å². The number of hydrogen-bond donors (Lipinski definition) is 1. The molecular weight excluding hydrogens is 102 g/mol. The fourth-order valence-electron chi connectivity index (χ4n) is 0.378. The number of hydrazone groups is 1. The Labute approximate surface area is 49.5 Å². The monoisotopic (exact) mass is 113 g/mol. The molecule has 0 aliphatic rings. The Bertz CT molecular complexity index is 95.8. The van der Waals surface area contributed by atoms with Crippen molar-refractivity contribution in [2.75, 3.05) is 7.05 Å². The molecule has 0 unspecified atom stereocenters. The predicted octanol–water partition coefficient (Wildman–Crippen LogP) is 0.630. The van der Waals surface area contributed by atoms with Gasteiger partial charge in [0.05, 0.1) is 0 Å². The Hall–Kier alpha value is -0.860. The van der Waals surface area contributed by atoms with Gasteiger partial charge in [-0.25, -0.2) is 0 Å². The summed E-state index contributed by atoms with van der Waals surface area (Å²) in [5.41, 5.74) is 2.65. The quantitative estimate of drug-likeness (QED) is 0.318. The van der Waals surface area contributed by atoms with Crippen LogP contribution in [0.1, 0.15) is 13.3 Å². The number of nitrogens with one attached hydrogen (secondary N) is 1. The molecule has 0 heterocycles. The predicted molar refractivity (Wildman–Crippen MR) is 36.3 cm³/mol. The Morgan fingerprint density at radius 1 is 1.75 bits per heavy atom. The Morgan fingerprint density at radius 3 is 2.50 bits per heavy atom. The Balaban J connectivity index is 3.53. The highest BCUT2D eigenvalue weighted by molar-refractivity contribution is 5.81. The molecule has 0 atom stereocenters. The summed E-state index contributed by atoms with van der Waals surface area (Å²) in [6.45, 7) is 5.25. The number of hydrogen-bond acceptors (Lipinski definition) is 2. The average molecular weight is 113 g/mol. The van der Waals surface area contributed by atoms with Gasteiger partial charge in [0.15, 0.2) is 0 Å². The van der Waals surface area contributed by atoms with Crippen molar-refractivity contribution >= 4 is 12.6 Å². The molecule has 0 saturated heterocycles. The molecule has 0 amide bonds. The zero-order valence-electron chi connectivity index (χ0n) is 5.31. The molecule has 0 bridgehead atoms. The third kappa shape index (κ3) is 2.34. The minimum atomic E-state index is 0.861. The lowest BCUT2D eigenvalue weighted by Gasteiger charge is -1.96. The summed E-state index contributed by atoms with van der Waals surface area (Å²) >= 11 is 0. The van der Waals surface area contributed by atoms with Crippen LogP contribution in [-0.4, -0.2) is 19.6 Å². The first-order chi connectivity index (χ1) is 3.85. The number of nitrogens with zero attached hydrogens (tertiary/aromatic N) is 2. The fraction of sp³-hybridized carbons (Fsp3) is 0.600. The van der Waals surface area contributed by atoms with Gasteiger partial charge in [-0.05, 0) is 0 Å². The second kappa shape index (κ2) is 4.30. The summed E-state index contributed by atoms with van der Waals surface area (Å²) in [7, 11) is 1.72. The molecule has 3 nitrogen and oxygen atoms in total. The van der Waals surface area contributed by atoms with E-state index in [1.54, 1.807) is 7.05 Å². The minimum Gasteiger partial charge on any atom is -0.274 e. The van der Waals surface area contributed by atoms with Crippen LogP contribution in [0.15, 0.2) is 10.1 Å². The van der Waals surface area contributed by atoms with E-state index in [9.17, 15) is 0 Å². The van der Waals surface area contributed by atoms with Gasteiger partial charge in [0.1, 0.15) is 5.84 Å². The summed E-state index contributed by atoms with van der Waals surface area (Å²) in [6.07, 6.45) is 0.871. The largest absolute Gasteiger partial charge is 0.274 e. The van der Waals surface area contributed by atoms with Gasteiger partial charge in [-0.1, -0.05) is 6.92 Å². The normalized spacial score (nSPS) is 11.0. The summed E-state index contributed by atoms with van der Waals surface area (Å²) in [5.74, 6) is 0.861. The Morgan fingerprint density at radius 2 is 2.38 bits per heavy atom. The molecule has 0 fully saturated rings. The van der Waals surface area contributed by atoms with Crippen LogP contribution >= 0.6 is 0 Å². The zero-order valence-corrected chi connectivity index (χ0v) is 5.31. The van der Waals surface area contributed by atoms with Crippen LogP contribution in [0.3, 0.4) is 0 Å². The van der Waals surface area contributed by atoms with Crippen LogP contribution in [0.5, 0.6) is 0 Å². The van der Waals surface area contributed by atoms with E-state index in [2.05, 4.69) is 22.2 Å². The van der Waals surface area contributed by atoms with Crippen molar-refractivity contribution in [1.29, 1.82) is 0 Å². The van der Waals surface area contributed by atoms with Crippen molar-refractivity contribution in [2.24, 2.45) is 10.1 Å². The van der Waals surface area contributed by atoms with E-state index in [1.807, 2.05) is 6.92 Å². The minimum absolute atomic E-state index is 0.861. The summed E-state index contributed by atoms with van der Waals surface area (Å²) < 4.78 is 0. The molecule has 0 aliphatic heterocycles. The molecule has 0 aromatic rings. The molecule has 8 heavy (non-hydrogen) atoms. The summed E-state index contributed by atoms with van der Waals surface area (Å²) in [6, 6.07) is 0. The Kier molecular flexibility index (Phi) is 3.84. The molecule has 0 radical (unpaired) electrons. The first kappa shape index (κ1) is 7.14. The lowest BCUT2D eigenvalue weighted by molar-refractivity contribution is 0.983. The maximum Gasteiger partial charge on any atom is 0.116 e. The van der Waals surface area contributed by atoms with Gasteiger partial charge in [-0.15, -0.1) is 0 Å². The van der Waals surface area contributed by atoms with Gasteiger partial charge in [0.2, 0.25) is 0 Å². The number of amidine groups is 1.